The van der Waals surface area contributed by atoms with E-state index in [-0.39, 0.29) is 21.5 Å². The smallest absolute Gasteiger partial charge is 0.453 e. The lowest BCUT2D eigenvalue weighted by molar-refractivity contribution is -0.221. The number of alkyl halides is 8. The number of aromatic nitrogens is 4. The zero-order valence-electron chi connectivity index (χ0n) is 46.0. The zero-order chi connectivity index (χ0) is 61.6. The third-order valence-corrected chi connectivity index (χ3v) is 16.0. The van der Waals surface area contributed by atoms with Crippen LogP contribution in [0.5, 0.6) is 0 Å². The largest absolute Gasteiger partial charge is 0.505 e. The van der Waals surface area contributed by atoms with Gasteiger partial charge >= 0.3 is 39.1 Å². The molecule has 3 saturated heterocycles. The Morgan fingerprint density at radius 3 is 1.81 bits per heavy atom. The first-order valence-corrected chi connectivity index (χ1v) is 27.5. The van der Waals surface area contributed by atoms with Crippen LogP contribution in [0.3, 0.4) is 0 Å². The second kappa shape index (κ2) is 26.4. The highest BCUT2D eigenvalue weighted by Crippen LogP contribution is 2.42. The van der Waals surface area contributed by atoms with Crippen LogP contribution in [0.4, 0.5) is 59.4 Å². The maximum atomic E-state index is 16.2. The molecule has 3 unspecified atom stereocenters. The van der Waals surface area contributed by atoms with Gasteiger partial charge in [-0.2, -0.15) is 45.1 Å². The van der Waals surface area contributed by atoms with E-state index in [4.69, 9.17) is 4.74 Å². The number of methoxy groups -OCH3 is 2. The Morgan fingerprint density at radius 2 is 1.33 bits per heavy atom. The standard InChI is InChI=1S/C53H60F10N11O9P/c1-50(2,52(58,59)60)42(67-48(77)81-5)44(75)66-41(17-30-10-7-29(8-11-30)9-12-31-20-64-47(65-21-31)71-23-34-13-14-35(24-71)74(34)36-26-83-27-36)33(28-84(79)80)22-72(70-45(76)43(68-49(78)82-6)51(3,4)53(61,62)63)25-37-38(54)18-32(19-39(37)55)40-15-16-73(69-40)46(56)57/h7-8,10-11,15-16,18-21,33-36,41-43,46H,13-14,17,22-28H2,1-6H3,(H4-,66,67,68,70,75,76,77,78,79,80)/p+1/t33-,34?,35?,41+,42-,43-/m1/s1. The van der Waals surface area contributed by atoms with E-state index in [0.29, 0.717) is 80.0 Å². The fourth-order valence-electron chi connectivity index (χ4n) is 10.1. The van der Waals surface area contributed by atoms with Crippen LogP contribution in [0.15, 0.2) is 61.1 Å². The summed E-state index contributed by atoms with van der Waals surface area (Å²) in [6, 6.07) is 2.67. The number of fused-ring (bicyclic) bond motifs is 2. The average Bonchev–Trinajstić information content (AvgIpc) is 2.35. The fourth-order valence-corrected chi connectivity index (χ4v) is 10.8. The van der Waals surface area contributed by atoms with Gasteiger partial charge in [-0.1, -0.05) is 24.0 Å². The number of alkyl carbamates (subject to hydrolysis) is 2. The Hall–Kier alpha value is -7.19. The Morgan fingerprint density at radius 1 is 0.798 bits per heavy atom. The van der Waals surface area contributed by atoms with Gasteiger partial charge in [-0.3, -0.25) is 19.9 Å². The van der Waals surface area contributed by atoms with E-state index in [0.717, 1.165) is 65.6 Å². The second-order valence-corrected chi connectivity index (χ2v) is 22.6. The van der Waals surface area contributed by atoms with Gasteiger partial charge in [0.25, 0.3) is 5.91 Å². The number of hydrazine groups is 1. The number of piperazine rings is 1. The van der Waals surface area contributed by atoms with Gasteiger partial charge in [0.15, 0.2) is 6.16 Å². The summed E-state index contributed by atoms with van der Waals surface area (Å²) in [6.45, 7) is -0.121. The Labute approximate surface area is 476 Å². The third-order valence-electron chi connectivity index (χ3n) is 15.2. The normalized spacial score (nSPS) is 18.4. The summed E-state index contributed by atoms with van der Waals surface area (Å²) in [5.41, 5.74) is -4.68. The summed E-state index contributed by atoms with van der Waals surface area (Å²) in [7, 11) is -1.80. The first-order valence-electron chi connectivity index (χ1n) is 26.1. The number of halogens is 10. The molecular formula is C53H61F10N11O9P+. The molecule has 5 N–H and O–H groups in total. The Kier molecular flexibility index (Phi) is 20.2. The SMILES string of the molecule is COC(=O)N[C@H](C(=O)N[C@@H](Cc1ccc(C#Cc2cnc(N3CC4CCC(C3)N4C3COC3)nc2)cc1)[C@H](CN(Cc1c(F)cc(-c2ccn(C(F)F)n2)cc1F)NC(=O)[C@@H](NC(=O)OC)C(C)(C)C(F)(F)F)C[P+](=O)O)C(C)(C)C(F)(F)F. The van der Waals surface area contributed by atoms with E-state index in [1.54, 1.807) is 17.7 Å². The molecule has 31 heteroatoms. The van der Waals surface area contributed by atoms with Gasteiger partial charge in [-0.05, 0) is 87.4 Å². The minimum Gasteiger partial charge on any atom is -0.453 e. The van der Waals surface area contributed by atoms with Crippen molar-refractivity contribution in [1.82, 2.24) is 51.0 Å². The molecule has 3 aliphatic rings. The van der Waals surface area contributed by atoms with Gasteiger partial charge in [0, 0.05) is 85.5 Å². The molecule has 0 radical (unpaired) electrons. The Bertz CT molecular complexity index is 3050. The highest BCUT2D eigenvalue weighted by atomic mass is 31.1. The van der Waals surface area contributed by atoms with E-state index < -0.39 is 129 Å². The van der Waals surface area contributed by atoms with Gasteiger partial charge in [0.05, 0.1) is 55.6 Å². The summed E-state index contributed by atoms with van der Waals surface area (Å²) in [5.74, 6) is -1.29. The number of rotatable bonds is 21. The van der Waals surface area contributed by atoms with Gasteiger partial charge in [0.1, 0.15) is 23.7 Å². The van der Waals surface area contributed by atoms with Crippen molar-refractivity contribution in [3.05, 3.63) is 94.9 Å². The first-order chi connectivity index (χ1) is 39.4. The molecule has 2 aromatic carbocycles. The minimum atomic E-state index is -5.26. The molecule has 0 aliphatic carbocycles. The molecule has 7 atom stereocenters. The van der Waals surface area contributed by atoms with Gasteiger partial charge in [0.2, 0.25) is 11.9 Å². The van der Waals surface area contributed by atoms with Crippen LogP contribution in [0.1, 0.15) is 69.3 Å². The van der Waals surface area contributed by atoms with E-state index >= 15 is 8.78 Å². The predicted molar refractivity (Wildman–Crippen MR) is 279 cm³/mol. The van der Waals surface area contributed by atoms with Crippen molar-refractivity contribution in [3.8, 4) is 23.1 Å². The van der Waals surface area contributed by atoms with Gasteiger partial charge in [-0.25, -0.2) is 38.0 Å². The monoisotopic (exact) mass is 1220 g/mol. The molecule has 0 saturated carbocycles. The number of hydrogen-bond donors (Lipinski definition) is 5. The molecular weight excluding hydrogens is 1160 g/mol. The highest BCUT2D eigenvalue weighted by molar-refractivity contribution is 7.38. The van der Waals surface area contributed by atoms with Crippen LogP contribution < -0.4 is 26.3 Å². The molecule has 20 nitrogen and oxygen atoms in total. The van der Waals surface area contributed by atoms with E-state index in [2.05, 4.69) is 56.9 Å². The number of anilines is 1. The number of ether oxygens (including phenoxy) is 3. The molecule has 456 valence electrons. The van der Waals surface area contributed by atoms with E-state index in [9.17, 15) is 63.8 Å². The molecule has 2 bridgehead atoms. The van der Waals surface area contributed by atoms with Crippen LogP contribution >= 0.6 is 8.03 Å². The third kappa shape index (κ3) is 15.2. The van der Waals surface area contributed by atoms with Gasteiger partial charge in [-0.15, -0.1) is 0 Å². The number of benzene rings is 2. The number of amides is 4. The summed E-state index contributed by atoms with van der Waals surface area (Å²) in [4.78, 5) is 77.9. The van der Waals surface area contributed by atoms with Crippen LogP contribution in [0.2, 0.25) is 0 Å². The minimum absolute atomic E-state index is 0.188. The average molecular weight is 1220 g/mol. The zero-order valence-corrected chi connectivity index (χ0v) is 46.9. The van der Waals surface area contributed by atoms with E-state index in [1.807, 2.05) is 5.32 Å². The van der Waals surface area contributed by atoms with Crippen molar-refractivity contribution < 1.29 is 86.8 Å². The molecule has 84 heavy (non-hydrogen) atoms. The lowest BCUT2D eigenvalue weighted by Gasteiger charge is -2.47. The summed E-state index contributed by atoms with van der Waals surface area (Å²) >= 11 is 0. The molecule has 4 amide bonds. The van der Waals surface area contributed by atoms with Crippen molar-refractivity contribution in [3.63, 3.8) is 0 Å². The fraction of sp³-hybridized carbons (Fsp3) is 0.528. The number of carbonyl (C=O) groups excluding carboxylic acids is 4. The number of hydrogen-bond acceptors (Lipinski definition) is 14. The number of nitrogens with zero attached hydrogens (tertiary/aromatic N) is 7. The second-order valence-electron chi connectivity index (χ2n) is 21.6. The van der Waals surface area contributed by atoms with Crippen molar-refractivity contribution in [2.24, 2.45) is 16.7 Å². The molecule has 4 aromatic rings. The summed E-state index contributed by atoms with van der Waals surface area (Å²) in [6.07, 6.45) is -8.82. The maximum Gasteiger partial charge on any atom is 0.505 e. The number of carbonyl (C=O) groups is 4. The van der Waals surface area contributed by atoms with Crippen molar-refractivity contribution in [2.75, 3.05) is 58.1 Å². The molecule has 7 rings (SSSR count). The lowest BCUT2D eigenvalue weighted by atomic mass is 9.82. The van der Waals surface area contributed by atoms with Gasteiger partial charge < -0.3 is 35.1 Å². The molecule has 3 fully saturated rings. The first kappa shape index (κ1) is 64.4. The summed E-state index contributed by atoms with van der Waals surface area (Å²) in [5, 5.41) is 10.2. The molecule has 3 aliphatic heterocycles. The van der Waals surface area contributed by atoms with Crippen molar-refractivity contribution >= 4 is 38.0 Å². The highest BCUT2D eigenvalue weighted by Gasteiger charge is 2.57. The van der Waals surface area contributed by atoms with E-state index in [1.165, 1.54) is 24.3 Å². The Balaban J connectivity index is 1.23. The van der Waals surface area contributed by atoms with Crippen molar-refractivity contribution in [1.29, 1.82) is 0 Å². The summed E-state index contributed by atoms with van der Waals surface area (Å²) < 4.78 is 175. The molecule has 5 heterocycles. The maximum absolute atomic E-state index is 16.2. The van der Waals surface area contributed by atoms with Crippen LogP contribution in [-0.2, 0) is 41.3 Å². The van der Waals surface area contributed by atoms with Crippen LogP contribution in [0, 0.1) is 40.2 Å². The van der Waals surface area contributed by atoms with Crippen molar-refractivity contribution in [2.45, 2.75) is 109 Å². The topological polar surface area (TPSA) is 235 Å². The molecule has 0 spiro atoms. The quantitative estimate of drug-likeness (QED) is 0.0245. The van der Waals surface area contributed by atoms with Crippen LogP contribution in [0.25, 0.3) is 11.3 Å². The lowest BCUT2D eigenvalue weighted by Crippen LogP contribution is -2.63. The van der Waals surface area contributed by atoms with Crippen LogP contribution in [-0.4, -0.2) is 160 Å². The number of nitrogens with one attached hydrogen (secondary N) is 4. The predicted octanol–water partition coefficient (Wildman–Crippen LogP) is 7.00. The molecule has 2 aromatic heterocycles.